The fourth-order valence-corrected chi connectivity index (χ4v) is 5.52. The van der Waals surface area contributed by atoms with Gasteiger partial charge < -0.3 is 4.90 Å². The third-order valence-corrected chi connectivity index (χ3v) is 7.23. The Balaban J connectivity index is 1.60. The van der Waals surface area contributed by atoms with E-state index < -0.39 is 10.0 Å². The molecule has 0 bridgehead atoms. The zero-order valence-corrected chi connectivity index (χ0v) is 18.7. The summed E-state index contributed by atoms with van der Waals surface area (Å²) in [6, 6.07) is 7.57. The molecule has 1 aliphatic rings. The molecule has 1 amide bonds. The number of amides is 1. The van der Waals surface area contributed by atoms with E-state index in [1.165, 1.54) is 0 Å². The lowest BCUT2D eigenvalue weighted by Crippen LogP contribution is -2.47. The number of fused-ring (bicyclic) bond motifs is 1. The summed E-state index contributed by atoms with van der Waals surface area (Å²) in [5.74, 6) is 0.135. The molecular formula is C21H32N4O4S. The minimum Gasteiger partial charge on any atom is -0.343 e. The van der Waals surface area contributed by atoms with Crippen molar-refractivity contribution in [1.82, 2.24) is 18.8 Å². The first-order chi connectivity index (χ1) is 14.4. The number of aryl methyl sites for hydroxylation is 2. The van der Waals surface area contributed by atoms with Crippen LogP contribution in [0.15, 0.2) is 29.1 Å². The zero-order valence-electron chi connectivity index (χ0n) is 17.8. The number of imidazole rings is 1. The highest BCUT2D eigenvalue weighted by atomic mass is 32.2. The monoisotopic (exact) mass is 436 g/mol. The van der Waals surface area contributed by atoms with E-state index in [0.29, 0.717) is 45.4 Å². The fraction of sp³-hybridized carbons (Fsp3) is 0.619. The van der Waals surface area contributed by atoms with Crippen LogP contribution in [0, 0.1) is 0 Å². The van der Waals surface area contributed by atoms with E-state index >= 15 is 0 Å². The first kappa shape index (κ1) is 22.6. The predicted molar refractivity (Wildman–Crippen MR) is 118 cm³/mol. The van der Waals surface area contributed by atoms with Crippen molar-refractivity contribution in [3.63, 3.8) is 0 Å². The van der Waals surface area contributed by atoms with Gasteiger partial charge in [0.15, 0.2) is 0 Å². The van der Waals surface area contributed by atoms with Crippen LogP contribution >= 0.6 is 0 Å². The molecular weight excluding hydrogens is 404 g/mol. The minimum absolute atomic E-state index is 0.00379. The number of carbonyl (C=O) groups is 1. The Hall–Kier alpha value is -2.13. The number of likely N-dealkylation sites (tertiary alicyclic amines) is 1. The number of nitrogens with one attached hydrogen (secondary N) is 1. The SMILES string of the molecule is CCCn1c(=O)n(CCC(=O)N2CCC(NS(=O)(=O)CCC)CC2)c2ccccc21. The summed E-state index contributed by atoms with van der Waals surface area (Å²) in [7, 11) is -3.24. The van der Waals surface area contributed by atoms with Gasteiger partial charge in [0.1, 0.15) is 0 Å². The van der Waals surface area contributed by atoms with Gasteiger partial charge in [-0.1, -0.05) is 26.0 Å². The highest BCUT2D eigenvalue weighted by Gasteiger charge is 2.25. The second kappa shape index (κ2) is 9.78. The molecule has 1 aliphatic heterocycles. The van der Waals surface area contributed by atoms with Gasteiger partial charge in [0.05, 0.1) is 16.8 Å². The van der Waals surface area contributed by atoms with Crippen LogP contribution in [0.3, 0.4) is 0 Å². The lowest BCUT2D eigenvalue weighted by molar-refractivity contribution is -0.132. The number of carbonyl (C=O) groups excluding carboxylic acids is 1. The molecule has 0 aliphatic carbocycles. The second-order valence-electron chi connectivity index (χ2n) is 7.92. The maximum Gasteiger partial charge on any atom is 0.329 e. The van der Waals surface area contributed by atoms with E-state index in [1.807, 2.05) is 38.1 Å². The summed E-state index contributed by atoms with van der Waals surface area (Å²) in [6.45, 7) is 5.94. The van der Waals surface area contributed by atoms with E-state index in [9.17, 15) is 18.0 Å². The minimum atomic E-state index is -3.24. The van der Waals surface area contributed by atoms with Crippen molar-refractivity contribution in [1.29, 1.82) is 0 Å². The highest BCUT2D eigenvalue weighted by Crippen LogP contribution is 2.16. The smallest absolute Gasteiger partial charge is 0.329 e. The lowest BCUT2D eigenvalue weighted by Gasteiger charge is -2.32. The third-order valence-electron chi connectivity index (χ3n) is 5.59. The number of benzene rings is 1. The van der Waals surface area contributed by atoms with Gasteiger partial charge >= 0.3 is 5.69 Å². The van der Waals surface area contributed by atoms with Gasteiger partial charge in [0, 0.05) is 38.6 Å². The number of hydrogen-bond acceptors (Lipinski definition) is 4. The summed E-state index contributed by atoms with van der Waals surface area (Å²) >= 11 is 0. The van der Waals surface area contributed by atoms with Crippen LogP contribution in [0.5, 0.6) is 0 Å². The average Bonchev–Trinajstić information content (AvgIpc) is 2.98. The van der Waals surface area contributed by atoms with Gasteiger partial charge in [-0.3, -0.25) is 13.9 Å². The average molecular weight is 437 g/mol. The number of para-hydroxylation sites is 2. The van der Waals surface area contributed by atoms with Crippen LogP contribution in [-0.4, -0.2) is 53.2 Å². The van der Waals surface area contributed by atoms with Gasteiger partial charge in [-0.15, -0.1) is 0 Å². The first-order valence-corrected chi connectivity index (χ1v) is 12.5. The van der Waals surface area contributed by atoms with E-state index in [2.05, 4.69) is 4.72 Å². The number of nitrogens with zero attached hydrogens (tertiary/aromatic N) is 3. The van der Waals surface area contributed by atoms with Crippen LogP contribution in [0.2, 0.25) is 0 Å². The van der Waals surface area contributed by atoms with Crippen molar-refractivity contribution < 1.29 is 13.2 Å². The van der Waals surface area contributed by atoms with Crippen molar-refractivity contribution in [2.75, 3.05) is 18.8 Å². The largest absolute Gasteiger partial charge is 0.343 e. The van der Waals surface area contributed by atoms with E-state index in [0.717, 1.165) is 17.5 Å². The Bertz CT molecular complexity index is 1030. The molecule has 1 fully saturated rings. The first-order valence-electron chi connectivity index (χ1n) is 10.8. The van der Waals surface area contributed by atoms with Crippen LogP contribution in [0.4, 0.5) is 0 Å². The molecule has 2 heterocycles. The Kier molecular flexibility index (Phi) is 7.36. The molecule has 0 radical (unpaired) electrons. The topological polar surface area (TPSA) is 93.4 Å². The molecule has 1 N–H and O–H groups in total. The highest BCUT2D eigenvalue weighted by molar-refractivity contribution is 7.89. The Morgan fingerprint density at radius 3 is 2.20 bits per heavy atom. The number of sulfonamides is 1. The number of aromatic nitrogens is 2. The molecule has 3 rings (SSSR count). The lowest BCUT2D eigenvalue weighted by atomic mass is 10.1. The van der Waals surface area contributed by atoms with Crippen molar-refractivity contribution in [2.45, 2.75) is 65.1 Å². The number of hydrogen-bond donors (Lipinski definition) is 1. The summed E-state index contributed by atoms with van der Waals surface area (Å²) in [6.07, 6.45) is 2.94. The maximum absolute atomic E-state index is 12.8. The van der Waals surface area contributed by atoms with Gasteiger partial charge in [-0.2, -0.15) is 0 Å². The molecule has 8 nitrogen and oxygen atoms in total. The van der Waals surface area contributed by atoms with E-state index in [4.69, 9.17) is 0 Å². The Morgan fingerprint density at radius 2 is 1.63 bits per heavy atom. The molecule has 166 valence electrons. The van der Waals surface area contributed by atoms with Gasteiger partial charge in [-0.25, -0.2) is 17.9 Å². The Morgan fingerprint density at radius 1 is 1.03 bits per heavy atom. The molecule has 2 aromatic rings. The van der Waals surface area contributed by atoms with Crippen molar-refractivity contribution in [3.05, 3.63) is 34.7 Å². The fourth-order valence-electron chi connectivity index (χ4n) is 4.12. The molecule has 30 heavy (non-hydrogen) atoms. The molecule has 1 saturated heterocycles. The van der Waals surface area contributed by atoms with Crippen molar-refractivity contribution in [2.24, 2.45) is 0 Å². The normalized spacial score (nSPS) is 15.7. The van der Waals surface area contributed by atoms with Crippen molar-refractivity contribution in [3.8, 4) is 0 Å². The van der Waals surface area contributed by atoms with Crippen LogP contribution in [-0.2, 0) is 27.9 Å². The van der Waals surface area contributed by atoms with Gasteiger partial charge in [0.25, 0.3) is 0 Å². The quantitative estimate of drug-likeness (QED) is 0.650. The van der Waals surface area contributed by atoms with Crippen molar-refractivity contribution >= 4 is 27.0 Å². The molecule has 0 atom stereocenters. The molecule has 1 aromatic heterocycles. The van der Waals surface area contributed by atoms with Gasteiger partial charge in [-0.05, 0) is 37.8 Å². The van der Waals surface area contributed by atoms with E-state index in [1.54, 1.807) is 14.0 Å². The Labute approximate surface area is 177 Å². The number of piperidine rings is 1. The predicted octanol–water partition coefficient (Wildman–Crippen LogP) is 1.92. The second-order valence-corrected chi connectivity index (χ2v) is 9.79. The molecule has 0 unspecified atom stereocenters. The maximum atomic E-state index is 12.8. The number of rotatable bonds is 9. The van der Waals surface area contributed by atoms with Gasteiger partial charge in [0.2, 0.25) is 15.9 Å². The molecule has 0 spiro atoms. The molecule has 1 aromatic carbocycles. The summed E-state index contributed by atoms with van der Waals surface area (Å²) in [5, 5.41) is 0. The van der Waals surface area contributed by atoms with Crippen LogP contribution < -0.4 is 10.4 Å². The summed E-state index contributed by atoms with van der Waals surface area (Å²) < 4.78 is 30.1. The molecule has 0 saturated carbocycles. The van der Waals surface area contributed by atoms with Crippen LogP contribution in [0.25, 0.3) is 11.0 Å². The standard InChI is InChI=1S/C21H32N4O4S/c1-3-12-24-18-7-5-6-8-19(18)25(21(24)27)15-11-20(26)23-13-9-17(10-14-23)22-30(28,29)16-4-2/h5-8,17,22H,3-4,9-16H2,1-2H3. The van der Waals surface area contributed by atoms with Crippen LogP contribution in [0.1, 0.15) is 46.0 Å². The molecule has 9 heteroatoms. The third kappa shape index (κ3) is 5.13. The summed E-state index contributed by atoms with van der Waals surface area (Å²) in [5.41, 5.74) is 1.68. The van der Waals surface area contributed by atoms with E-state index in [-0.39, 0.29) is 29.8 Å². The summed E-state index contributed by atoms with van der Waals surface area (Å²) in [4.78, 5) is 27.3. The zero-order chi connectivity index (χ0) is 21.7.